The van der Waals surface area contributed by atoms with Crippen molar-refractivity contribution in [2.24, 2.45) is 0 Å². The molecular formula is C18H15N3OS. The van der Waals surface area contributed by atoms with E-state index in [-0.39, 0.29) is 11.5 Å². The molecule has 0 spiro atoms. The summed E-state index contributed by atoms with van der Waals surface area (Å²) in [5.41, 5.74) is 3.24. The first-order chi connectivity index (χ1) is 11.3. The number of rotatable bonds is 5. The molecular weight excluding hydrogens is 306 g/mol. The summed E-state index contributed by atoms with van der Waals surface area (Å²) >= 11 is 1.53. The summed E-state index contributed by atoms with van der Waals surface area (Å²) in [5.74, 6) is -0.335. The van der Waals surface area contributed by atoms with Gasteiger partial charge in [0.15, 0.2) is 0 Å². The number of hydrogen-bond acceptors (Lipinski definition) is 3. The SMILES string of the molecule is N#CC(=Cc1ccsc1)C(=O)NCCc1c[nH]c2ccccc12. The van der Waals surface area contributed by atoms with E-state index in [1.54, 1.807) is 6.08 Å². The molecule has 1 aromatic carbocycles. The van der Waals surface area contributed by atoms with Gasteiger partial charge in [0.1, 0.15) is 11.6 Å². The van der Waals surface area contributed by atoms with Crippen LogP contribution < -0.4 is 5.32 Å². The van der Waals surface area contributed by atoms with E-state index >= 15 is 0 Å². The molecule has 0 bridgehead atoms. The Balaban J connectivity index is 1.62. The molecule has 0 saturated heterocycles. The second-order valence-corrected chi connectivity index (χ2v) is 5.87. The molecule has 2 aromatic heterocycles. The van der Waals surface area contributed by atoms with Crippen LogP contribution in [0.15, 0.2) is 52.9 Å². The number of nitrogens with one attached hydrogen (secondary N) is 2. The molecule has 0 saturated carbocycles. The number of aromatic nitrogens is 1. The van der Waals surface area contributed by atoms with E-state index in [1.165, 1.54) is 11.3 Å². The van der Waals surface area contributed by atoms with E-state index in [1.807, 2.05) is 47.3 Å². The van der Waals surface area contributed by atoms with Gasteiger partial charge in [-0.1, -0.05) is 18.2 Å². The minimum atomic E-state index is -0.335. The molecule has 114 valence electrons. The van der Waals surface area contributed by atoms with Crippen molar-refractivity contribution in [2.75, 3.05) is 6.54 Å². The highest BCUT2D eigenvalue weighted by atomic mass is 32.1. The number of carbonyl (C=O) groups is 1. The standard InChI is InChI=1S/C18H15N3OS/c19-10-15(9-13-6-8-23-12-13)18(22)20-7-5-14-11-21-17-4-2-1-3-16(14)17/h1-4,6,8-9,11-12,21H,5,7H2,(H,20,22). The van der Waals surface area contributed by atoms with Crippen molar-refractivity contribution >= 4 is 34.2 Å². The Labute approximate surface area is 138 Å². The van der Waals surface area contributed by atoms with Gasteiger partial charge in [0.25, 0.3) is 5.91 Å². The summed E-state index contributed by atoms with van der Waals surface area (Å²) in [6.45, 7) is 0.489. The lowest BCUT2D eigenvalue weighted by atomic mass is 10.1. The van der Waals surface area contributed by atoms with Crippen LogP contribution in [-0.4, -0.2) is 17.4 Å². The Hall–Kier alpha value is -2.84. The minimum Gasteiger partial charge on any atom is -0.361 e. The van der Waals surface area contributed by atoms with Crippen LogP contribution >= 0.6 is 11.3 Å². The van der Waals surface area contributed by atoms with Gasteiger partial charge in [0.2, 0.25) is 0 Å². The third-order valence-electron chi connectivity index (χ3n) is 3.57. The maximum atomic E-state index is 12.1. The first-order valence-electron chi connectivity index (χ1n) is 7.25. The number of amides is 1. The largest absolute Gasteiger partial charge is 0.361 e. The normalized spacial score (nSPS) is 11.3. The monoisotopic (exact) mass is 321 g/mol. The Morgan fingerprint density at radius 1 is 1.35 bits per heavy atom. The predicted molar refractivity (Wildman–Crippen MR) is 92.9 cm³/mol. The van der Waals surface area contributed by atoms with Gasteiger partial charge in [-0.25, -0.2) is 0 Å². The van der Waals surface area contributed by atoms with Gasteiger partial charge < -0.3 is 10.3 Å². The molecule has 0 radical (unpaired) electrons. The summed E-state index contributed by atoms with van der Waals surface area (Å²) in [7, 11) is 0. The lowest BCUT2D eigenvalue weighted by Gasteiger charge is -2.03. The summed E-state index contributed by atoms with van der Waals surface area (Å²) in [4.78, 5) is 15.3. The van der Waals surface area contributed by atoms with Crippen molar-refractivity contribution in [3.63, 3.8) is 0 Å². The predicted octanol–water partition coefficient (Wildman–Crippen LogP) is 3.50. The van der Waals surface area contributed by atoms with E-state index in [0.29, 0.717) is 13.0 Å². The van der Waals surface area contributed by atoms with Gasteiger partial charge in [-0.05, 0) is 46.5 Å². The second kappa shape index (κ2) is 6.95. The molecule has 2 heterocycles. The quantitative estimate of drug-likeness (QED) is 0.558. The number of para-hydroxylation sites is 1. The van der Waals surface area contributed by atoms with Gasteiger partial charge in [-0.2, -0.15) is 16.6 Å². The molecule has 23 heavy (non-hydrogen) atoms. The first-order valence-corrected chi connectivity index (χ1v) is 8.19. The van der Waals surface area contributed by atoms with Crippen molar-refractivity contribution in [1.29, 1.82) is 5.26 Å². The van der Waals surface area contributed by atoms with Crippen LogP contribution in [0.3, 0.4) is 0 Å². The van der Waals surface area contributed by atoms with Gasteiger partial charge in [0.05, 0.1) is 0 Å². The molecule has 0 aliphatic heterocycles. The number of nitriles is 1. The summed E-state index contributed by atoms with van der Waals surface area (Å²) in [5, 5.41) is 16.9. The lowest BCUT2D eigenvalue weighted by molar-refractivity contribution is -0.117. The van der Waals surface area contributed by atoms with E-state index in [0.717, 1.165) is 22.0 Å². The van der Waals surface area contributed by atoms with E-state index in [4.69, 9.17) is 5.26 Å². The molecule has 0 aliphatic rings. The maximum Gasteiger partial charge on any atom is 0.261 e. The number of carbonyl (C=O) groups excluding carboxylic acids is 1. The third-order valence-corrected chi connectivity index (χ3v) is 4.28. The van der Waals surface area contributed by atoms with Crippen LogP contribution in [0.4, 0.5) is 0 Å². The molecule has 0 unspecified atom stereocenters. The van der Waals surface area contributed by atoms with Crippen LogP contribution in [-0.2, 0) is 11.2 Å². The number of fused-ring (bicyclic) bond motifs is 1. The molecule has 2 N–H and O–H groups in total. The Morgan fingerprint density at radius 3 is 3.00 bits per heavy atom. The average Bonchev–Trinajstić information content (AvgIpc) is 3.22. The van der Waals surface area contributed by atoms with Crippen molar-refractivity contribution in [3.8, 4) is 6.07 Å². The van der Waals surface area contributed by atoms with Crippen molar-refractivity contribution < 1.29 is 4.79 Å². The van der Waals surface area contributed by atoms with Crippen LogP contribution in [0.5, 0.6) is 0 Å². The van der Waals surface area contributed by atoms with Crippen molar-refractivity contribution in [3.05, 3.63) is 64.0 Å². The summed E-state index contributed by atoms with van der Waals surface area (Å²) in [6, 6.07) is 11.9. The number of nitrogens with zero attached hydrogens (tertiary/aromatic N) is 1. The highest BCUT2D eigenvalue weighted by Crippen LogP contribution is 2.17. The Kier molecular flexibility index (Phi) is 4.55. The van der Waals surface area contributed by atoms with Crippen molar-refractivity contribution in [1.82, 2.24) is 10.3 Å². The second-order valence-electron chi connectivity index (χ2n) is 5.09. The molecule has 3 rings (SSSR count). The first kappa shape index (κ1) is 15.1. The number of hydrogen-bond donors (Lipinski definition) is 2. The molecule has 0 aliphatic carbocycles. The molecule has 1 amide bonds. The van der Waals surface area contributed by atoms with Gasteiger partial charge in [-0.15, -0.1) is 0 Å². The van der Waals surface area contributed by atoms with Crippen LogP contribution in [0.1, 0.15) is 11.1 Å². The maximum absolute atomic E-state index is 12.1. The number of thiophene rings is 1. The fourth-order valence-electron chi connectivity index (χ4n) is 2.42. The smallest absolute Gasteiger partial charge is 0.261 e. The fraction of sp³-hybridized carbons (Fsp3) is 0.111. The third kappa shape index (κ3) is 3.50. The molecule has 3 aromatic rings. The highest BCUT2D eigenvalue weighted by molar-refractivity contribution is 7.08. The minimum absolute atomic E-state index is 0.127. The number of aromatic amines is 1. The van der Waals surface area contributed by atoms with Crippen LogP contribution in [0, 0.1) is 11.3 Å². The topological polar surface area (TPSA) is 68.7 Å². The Bertz CT molecular complexity index is 885. The van der Waals surface area contributed by atoms with Crippen LogP contribution in [0.25, 0.3) is 17.0 Å². The number of H-pyrrole nitrogens is 1. The average molecular weight is 321 g/mol. The van der Waals surface area contributed by atoms with E-state index < -0.39 is 0 Å². The van der Waals surface area contributed by atoms with Gasteiger partial charge in [-0.3, -0.25) is 4.79 Å². The fourth-order valence-corrected chi connectivity index (χ4v) is 3.03. The van der Waals surface area contributed by atoms with Crippen LogP contribution in [0.2, 0.25) is 0 Å². The highest BCUT2D eigenvalue weighted by Gasteiger charge is 2.09. The lowest BCUT2D eigenvalue weighted by Crippen LogP contribution is -2.26. The van der Waals surface area contributed by atoms with E-state index in [9.17, 15) is 4.79 Å². The molecule has 5 heteroatoms. The number of benzene rings is 1. The zero-order chi connectivity index (χ0) is 16.1. The van der Waals surface area contributed by atoms with Gasteiger partial charge in [0, 0.05) is 23.6 Å². The molecule has 0 atom stereocenters. The summed E-state index contributed by atoms with van der Waals surface area (Å²) in [6.07, 6.45) is 4.29. The Morgan fingerprint density at radius 2 is 2.22 bits per heavy atom. The summed E-state index contributed by atoms with van der Waals surface area (Å²) < 4.78 is 0. The van der Waals surface area contributed by atoms with Gasteiger partial charge >= 0.3 is 0 Å². The molecule has 0 fully saturated rings. The zero-order valence-electron chi connectivity index (χ0n) is 12.4. The zero-order valence-corrected chi connectivity index (χ0v) is 13.2. The van der Waals surface area contributed by atoms with Crippen molar-refractivity contribution in [2.45, 2.75) is 6.42 Å². The molecule has 4 nitrogen and oxygen atoms in total. The van der Waals surface area contributed by atoms with E-state index in [2.05, 4.69) is 16.4 Å².